The topological polar surface area (TPSA) is 86.0 Å². The summed E-state index contributed by atoms with van der Waals surface area (Å²) in [6, 6.07) is 12.9. The molecule has 1 aliphatic rings. The molecule has 2 amide bonds. The van der Waals surface area contributed by atoms with Crippen LogP contribution in [0.3, 0.4) is 0 Å². The number of rotatable bonds is 7. The number of benzene rings is 2. The monoisotopic (exact) mass is 486 g/mol. The molecule has 4 rings (SSSR count). The largest absolute Gasteiger partial charge is 0.401 e. The lowest BCUT2D eigenvalue weighted by Gasteiger charge is -2.10. The second-order valence-corrected chi connectivity index (χ2v) is 8.08. The van der Waals surface area contributed by atoms with E-state index in [9.17, 15) is 27.2 Å². The van der Waals surface area contributed by atoms with Crippen molar-refractivity contribution in [3.05, 3.63) is 76.9 Å². The van der Waals surface area contributed by atoms with E-state index < -0.39 is 24.4 Å². The highest BCUT2D eigenvalue weighted by Gasteiger charge is 2.29. The SMILES string of the molecule is Cc1cc(C(=O)NCCNCC(F)(F)F)c(C=C2C(=O)Nc3cccc(-c4cccc(F)c4)c32)[nH]1. The van der Waals surface area contributed by atoms with Crippen molar-refractivity contribution in [1.82, 2.24) is 15.6 Å². The van der Waals surface area contributed by atoms with Gasteiger partial charge in [-0.2, -0.15) is 13.2 Å². The molecule has 0 unspecified atom stereocenters. The third kappa shape index (κ3) is 5.60. The maximum atomic E-state index is 13.9. The number of alkyl halides is 3. The van der Waals surface area contributed by atoms with Crippen LogP contribution < -0.4 is 16.0 Å². The van der Waals surface area contributed by atoms with Gasteiger partial charge < -0.3 is 20.9 Å². The van der Waals surface area contributed by atoms with Gasteiger partial charge in [0, 0.05) is 30.0 Å². The highest BCUT2D eigenvalue weighted by molar-refractivity contribution is 6.36. The van der Waals surface area contributed by atoms with Crippen molar-refractivity contribution < 1.29 is 27.2 Å². The summed E-state index contributed by atoms with van der Waals surface area (Å²) in [6.45, 7) is 0.524. The Labute approximate surface area is 198 Å². The lowest BCUT2D eigenvalue weighted by molar-refractivity contribution is -0.124. The van der Waals surface area contributed by atoms with Gasteiger partial charge in [0.15, 0.2) is 0 Å². The van der Waals surface area contributed by atoms with Crippen molar-refractivity contribution in [2.75, 3.05) is 25.0 Å². The predicted molar refractivity (Wildman–Crippen MR) is 125 cm³/mol. The van der Waals surface area contributed by atoms with Gasteiger partial charge in [-0.3, -0.25) is 9.59 Å². The average Bonchev–Trinajstić information content (AvgIpc) is 3.31. The summed E-state index contributed by atoms with van der Waals surface area (Å²) >= 11 is 0. The van der Waals surface area contributed by atoms with Gasteiger partial charge in [0.05, 0.1) is 23.4 Å². The van der Waals surface area contributed by atoms with E-state index in [1.54, 1.807) is 49.4 Å². The van der Waals surface area contributed by atoms with Gasteiger partial charge in [0.1, 0.15) is 5.82 Å². The van der Waals surface area contributed by atoms with Crippen LogP contribution in [0.2, 0.25) is 0 Å². The minimum Gasteiger partial charge on any atom is -0.358 e. The molecule has 10 heteroatoms. The zero-order valence-electron chi connectivity index (χ0n) is 18.6. The van der Waals surface area contributed by atoms with E-state index in [2.05, 4.69) is 20.9 Å². The fourth-order valence-electron chi connectivity index (χ4n) is 3.93. The number of H-pyrrole nitrogens is 1. The Hall–Kier alpha value is -3.92. The maximum Gasteiger partial charge on any atom is 0.401 e. The first kappa shape index (κ1) is 24.2. The van der Waals surface area contributed by atoms with Gasteiger partial charge in [0.2, 0.25) is 0 Å². The summed E-state index contributed by atoms with van der Waals surface area (Å²) in [4.78, 5) is 28.6. The van der Waals surface area contributed by atoms with E-state index in [4.69, 9.17) is 0 Å². The number of nitrogens with one attached hydrogen (secondary N) is 4. The van der Waals surface area contributed by atoms with Crippen LogP contribution in [-0.4, -0.2) is 42.6 Å². The number of carbonyl (C=O) groups is 2. The quantitative estimate of drug-likeness (QED) is 0.225. The first-order valence-electron chi connectivity index (χ1n) is 10.8. The number of aromatic nitrogens is 1. The Morgan fingerprint density at radius 1 is 1.09 bits per heavy atom. The van der Waals surface area contributed by atoms with Crippen LogP contribution in [-0.2, 0) is 4.79 Å². The van der Waals surface area contributed by atoms with Crippen molar-refractivity contribution in [3.63, 3.8) is 0 Å². The van der Waals surface area contributed by atoms with E-state index in [0.29, 0.717) is 39.3 Å². The van der Waals surface area contributed by atoms with E-state index >= 15 is 0 Å². The molecule has 0 spiro atoms. The highest BCUT2D eigenvalue weighted by atomic mass is 19.4. The molecule has 35 heavy (non-hydrogen) atoms. The number of anilines is 1. The molecule has 2 aromatic carbocycles. The summed E-state index contributed by atoms with van der Waals surface area (Å²) in [5.41, 5.74) is 3.96. The number of amides is 2. The summed E-state index contributed by atoms with van der Waals surface area (Å²) in [5.74, 6) is -1.28. The highest BCUT2D eigenvalue weighted by Crippen LogP contribution is 2.40. The van der Waals surface area contributed by atoms with Gasteiger partial charge in [-0.25, -0.2) is 4.39 Å². The number of fused-ring (bicyclic) bond motifs is 1. The maximum absolute atomic E-state index is 13.9. The van der Waals surface area contributed by atoms with Gasteiger partial charge in [0.25, 0.3) is 11.8 Å². The second kappa shape index (κ2) is 9.75. The lowest BCUT2D eigenvalue weighted by Crippen LogP contribution is -2.36. The summed E-state index contributed by atoms with van der Waals surface area (Å²) in [6.07, 6.45) is -2.78. The number of aromatic amines is 1. The van der Waals surface area contributed by atoms with Crippen LogP contribution in [0.5, 0.6) is 0 Å². The lowest BCUT2D eigenvalue weighted by atomic mass is 9.94. The Bertz CT molecular complexity index is 1310. The molecule has 2 heterocycles. The summed E-state index contributed by atoms with van der Waals surface area (Å²) < 4.78 is 50.6. The standard InChI is InChI=1S/C25H22F4N4O2/c1-14-10-18(23(34)31-9-8-30-13-25(27,28)29)21(32-14)12-19-22-17(15-4-2-5-16(26)11-15)6-3-7-20(22)33-24(19)35/h2-7,10-12,30,32H,8-9,13H2,1H3,(H,31,34)(H,33,35). The fraction of sp³-hybridized carbons (Fsp3) is 0.200. The van der Waals surface area contributed by atoms with Crippen LogP contribution in [0.15, 0.2) is 48.5 Å². The van der Waals surface area contributed by atoms with Crippen molar-refractivity contribution in [1.29, 1.82) is 0 Å². The minimum absolute atomic E-state index is 0.0117. The van der Waals surface area contributed by atoms with E-state index in [1.807, 2.05) is 0 Å². The molecule has 182 valence electrons. The molecule has 1 aromatic heterocycles. The molecule has 0 aliphatic carbocycles. The molecule has 0 atom stereocenters. The number of halogens is 4. The number of hydrogen-bond acceptors (Lipinski definition) is 3. The third-order valence-electron chi connectivity index (χ3n) is 5.39. The number of hydrogen-bond donors (Lipinski definition) is 4. The number of aryl methyl sites for hydroxylation is 1. The Balaban J connectivity index is 1.61. The molecule has 3 aromatic rings. The van der Waals surface area contributed by atoms with Crippen LogP contribution in [0.1, 0.15) is 27.3 Å². The Kier molecular flexibility index (Phi) is 6.74. The molecule has 1 aliphatic heterocycles. The first-order chi connectivity index (χ1) is 16.6. The first-order valence-corrected chi connectivity index (χ1v) is 10.8. The second-order valence-electron chi connectivity index (χ2n) is 8.08. The Morgan fingerprint density at radius 3 is 2.60 bits per heavy atom. The molecular formula is C25H22F4N4O2. The van der Waals surface area contributed by atoms with Crippen LogP contribution in [0.4, 0.5) is 23.2 Å². The van der Waals surface area contributed by atoms with Crippen molar-refractivity contribution >= 4 is 29.2 Å². The zero-order chi connectivity index (χ0) is 25.2. The normalized spacial score (nSPS) is 14.2. The smallest absolute Gasteiger partial charge is 0.358 e. The van der Waals surface area contributed by atoms with E-state index in [1.165, 1.54) is 12.1 Å². The van der Waals surface area contributed by atoms with Crippen molar-refractivity contribution in [2.24, 2.45) is 0 Å². The molecule has 4 N–H and O–H groups in total. The van der Waals surface area contributed by atoms with Gasteiger partial charge in [-0.15, -0.1) is 0 Å². The van der Waals surface area contributed by atoms with Gasteiger partial charge in [-0.05, 0) is 48.4 Å². The predicted octanol–water partition coefficient (Wildman–Crippen LogP) is 4.50. The third-order valence-corrected chi connectivity index (χ3v) is 5.39. The molecule has 0 saturated carbocycles. The van der Waals surface area contributed by atoms with Gasteiger partial charge in [-0.1, -0.05) is 24.3 Å². The molecule has 0 radical (unpaired) electrons. The summed E-state index contributed by atoms with van der Waals surface area (Å²) in [5, 5.41) is 7.58. The molecule has 0 fully saturated rings. The fourth-order valence-corrected chi connectivity index (χ4v) is 3.93. The Morgan fingerprint density at radius 2 is 1.86 bits per heavy atom. The van der Waals surface area contributed by atoms with Crippen LogP contribution in [0.25, 0.3) is 22.8 Å². The molecule has 0 saturated heterocycles. The van der Waals surface area contributed by atoms with Crippen LogP contribution in [0, 0.1) is 12.7 Å². The van der Waals surface area contributed by atoms with Crippen LogP contribution >= 0.6 is 0 Å². The number of carbonyl (C=O) groups excluding carboxylic acids is 2. The summed E-state index contributed by atoms with van der Waals surface area (Å²) in [7, 11) is 0. The van der Waals surface area contributed by atoms with E-state index in [0.717, 1.165) is 0 Å². The molecule has 6 nitrogen and oxygen atoms in total. The van der Waals surface area contributed by atoms with Crippen molar-refractivity contribution in [3.8, 4) is 11.1 Å². The van der Waals surface area contributed by atoms with Gasteiger partial charge >= 0.3 is 6.18 Å². The minimum atomic E-state index is -4.33. The van der Waals surface area contributed by atoms with E-state index in [-0.39, 0.29) is 24.6 Å². The average molecular weight is 486 g/mol. The molecule has 0 bridgehead atoms. The van der Waals surface area contributed by atoms with Crippen molar-refractivity contribution in [2.45, 2.75) is 13.1 Å². The molecular weight excluding hydrogens is 464 g/mol. The zero-order valence-corrected chi connectivity index (χ0v) is 18.6.